The lowest BCUT2D eigenvalue weighted by Gasteiger charge is -2.16. The fourth-order valence-electron chi connectivity index (χ4n) is 0.538. The van der Waals surface area contributed by atoms with Gasteiger partial charge in [0.15, 0.2) is 0 Å². The van der Waals surface area contributed by atoms with Crippen molar-refractivity contribution in [3.63, 3.8) is 0 Å². The van der Waals surface area contributed by atoms with Crippen LogP contribution in [0, 0.1) is 41.4 Å². The summed E-state index contributed by atoms with van der Waals surface area (Å²) in [6.07, 6.45) is 8.26. The van der Waals surface area contributed by atoms with E-state index in [4.69, 9.17) is 6.42 Å². The fourth-order valence-corrected chi connectivity index (χ4v) is 1.35. The average molecular weight is 220 g/mol. The molecule has 0 saturated carbocycles. The van der Waals surface area contributed by atoms with Crippen molar-refractivity contribution >= 4 is 11.8 Å². The van der Waals surface area contributed by atoms with Crippen LogP contribution in [0.25, 0.3) is 0 Å². The third-order valence-electron chi connectivity index (χ3n) is 1.38. The van der Waals surface area contributed by atoms with E-state index < -0.39 is 0 Å². The molecule has 0 radical (unpaired) electrons. The van der Waals surface area contributed by atoms with Gasteiger partial charge in [0.2, 0.25) is 0 Å². The molecule has 0 spiro atoms. The van der Waals surface area contributed by atoms with Crippen LogP contribution in [-0.2, 0) is 0 Å². The molecule has 0 saturated heterocycles. The number of thioether (sulfide) groups is 1. The van der Waals surface area contributed by atoms with Gasteiger partial charge in [-0.3, -0.25) is 0 Å². The summed E-state index contributed by atoms with van der Waals surface area (Å²) in [5.41, 5.74) is 0.531. The van der Waals surface area contributed by atoms with Crippen LogP contribution < -0.4 is 0 Å². The summed E-state index contributed by atoms with van der Waals surface area (Å²) in [6, 6.07) is 0. The summed E-state index contributed by atoms with van der Waals surface area (Å²) < 4.78 is 0. The highest BCUT2D eigenvalue weighted by Gasteiger charge is 2.07. The van der Waals surface area contributed by atoms with Gasteiger partial charge >= 0.3 is 0 Å². The highest BCUT2D eigenvalue weighted by Crippen LogP contribution is 2.19. The molecule has 0 unspecified atom stereocenters. The Labute approximate surface area is 99.6 Å². The van der Waals surface area contributed by atoms with Crippen LogP contribution in [0.1, 0.15) is 34.1 Å². The molecule has 0 aromatic heterocycles. The highest BCUT2D eigenvalue weighted by molar-refractivity contribution is 7.98. The SMILES string of the molecule is C#CC#CC#CC.CSCCC(C)(C)C. The van der Waals surface area contributed by atoms with Gasteiger partial charge in [0, 0.05) is 0 Å². The van der Waals surface area contributed by atoms with Crippen molar-refractivity contribution in [1.29, 1.82) is 0 Å². The zero-order chi connectivity index (χ0) is 12.2. The summed E-state index contributed by atoms with van der Waals surface area (Å²) in [5.74, 6) is 13.3. The van der Waals surface area contributed by atoms with E-state index in [1.165, 1.54) is 12.2 Å². The lowest BCUT2D eigenvalue weighted by Crippen LogP contribution is -2.05. The fraction of sp³-hybridized carbons (Fsp3) is 0.571. The van der Waals surface area contributed by atoms with Crippen LogP contribution >= 0.6 is 11.8 Å². The minimum atomic E-state index is 0.531. The molecule has 82 valence electrons. The normalized spacial score (nSPS) is 8.00. The van der Waals surface area contributed by atoms with Gasteiger partial charge in [0.05, 0.1) is 0 Å². The van der Waals surface area contributed by atoms with Crippen LogP contribution in [0.2, 0.25) is 0 Å². The summed E-state index contributed by atoms with van der Waals surface area (Å²) >= 11 is 1.93. The quantitative estimate of drug-likeness (QED) is 0.642. The zero-order valence-electron chi connectivity index (χ0n) is 10.4. The van der Waals surface area contributed by atoms with Crippen molar-refractivity contribution < 1.29 is 0 Å². The third-order valence-corrected chi connectivity index (χ3v) is 1.99. The predicted octanol–water partition coefficient (Wildman–Crippen LogP) is 3.43. The van der Waals surface area contributed by atoms with E-state index in [0.29, 0.717) is 5.41 Å². The molecule has 1 heteroatoms. The predicted molar refractivity (Wildman–Crippen MR) is 72.5 cm³/mol. The van der Waals surface area contributed by atoms with Crippen molar-refractivity contribution in [1.82, 2.24) is 0 Å². The Morgan fingerprint density at radius 2 is 1.73 bits per heavy atom. The van der Waals surface area contributed by atoms with E-state index in [9.17, 15) is 0 Å². The molecule has 0 rings (SSSR count). The monoisotopic (exact) mass is 220 g/mol. The van der Waals surface area contributed by atoms with Crippen LogP contribution in [0.5, 0.6) is 0 Å². The lowest BCUT2D eigenvalue weighted by molar-refractivity contribution is 0.401. The molecular formula is C14H20S. The third kappa shape index (κ3) is 24.6. The first-order valence-corrected chi connectivity index (χ1v) is 6.23. The van der Waals surface area contributed by atoms with Crippen molar-refractivity contribution in [2.24, 2.45) is 5.41 Å². The molecule has 0 aliphatic carbocycles. The standard InChI is InChI=1S/C7H16S.C7H4/c1-7(2,3)5-6-8-4;1-3-5-7-6-4-2/h5-6H2,1-4H3;1H,2H3. The van der Waals surface area contributed by atoms with Crippen LogP contribution in [0.3, 0.4) is 0 Å². The van der Waals surface area contributed by atoms with Gasteiger partial charge in [0.25, 0.3) is 0 Å². The molecule has 0 aliphatic rings. The molecule has 15 heavy (non-hydrogen) atoms. The topological polar surface area (TPSA) is 0 Å². The second kappa shape index (κ2) is 11.1. The average Bonchev–Trinajstić information content (AvgIpc) is 2.16. The van der Waals surface area contributed by atoms with Gasteiger partial charge in [-0.2, -0.15) is 11.8 Å². The molecule has 0 aromatic carbocycles. The number of hydrogen-bond acceptors (Lipinski definition) is 1. The summed E-state index contributed by atoms with van der Waals surface area (Å²) in [7, 11) is 0. The summed E-state index contributed by atoms with van der Waals surface area (Å²) in [6.45, 7) is 8.56. The minimum Gasteiger partial charge on any atom is -0.165 e. The van der Waals surface area contributed by atoms with Gasteiger partial charge in [-0.25, -0.2) is 0 Å². The molecule has 0 N–H and O–H groups in total. The molecule has 0 heterocycles. The lowest BCUT2D eigenvalue weighted by atomic mass is 9.94. The molecule has 0 amide bonds. The number of hydrogen-bond donors (Lipinski definition) is 0. The van der Waals surface area contributed by atoms with E-state index in [1.807, 2.05) is 11.8 Å². The van der Waals surface area contributed by atoms with Gasteiger partial charge in [-0.15, -0.1) is 6.42 Å². The maximum atomic E-state index is 4.78. The van der Waals surface area contributed by atoms with E-state index in [-0.39, 0.29) is 0 Å². The van der Waals surface area contributed by atoms with Crippen LogP contribution in [0.15, 0.2) is 0 Å². The summed E-state index contributed by atoms with van der Waals surface area (Å²) in [4.78, 5) is 0. The maximum absolute atomic E-state index is 4.78. The first kappa shape index (κ1) is 16.5. The Hall–Kier alpha value is -0.970. The van der Waals surface area contributed by atoms with E-state index in [1.54, 1.807) is 6.92 Å². The first-order valence-electron chi connectivity index (χ1n) is 4.84. The van der Waals surface area contributed by atoms with E-state index >= 15 is 0 Å². The van der Waals surface area contributed by atoms with Gasteiger partial charge in [-0.1, -0.05) is 26.7 Å². The molecule has 0 aliphatic heterocycles. The Kier molecular flexibility index (Phi) is 12.2. The highest BCUT2D eigenvalue weighted by atomic mass is 32.2. The second-order valence-electron chi connectivity index (χ2n) is 4.07. The van der Waals surface area contributed by atoms with E-state index in [0.717, 1.165) is 0 Å². The van der Waals surface area contributed by atoms with E-state index in [2.05, 4.69) is 56.6 Å². The smallest absolute Gasteiger partial charge is 0.00108 e. The minimum absolute atomic E-state index is 0.531. The summed E-state index contributed by atoms with van der Waals surface area (Å²) in [5, 5.41) is 0. The molecule has 0 nitrogen and oxygen atoms in total. The Morgan fingerprint density at radius 1 is 1.13 bits per heavy atom. The first-order chi connectivity index (χ1) is 6.97. The largest absolute Gasteiger partial charge is 0.165 e. The Morgan fingerprint density at radius 3 is 2.00 bits per heavy atom. The Bertz CT molecular complexity index is 291. The van der Waals surface area contributed by atoms with Gasteiger partial charge in [0.1, 0.15) is 0 Å². The molecule has 0 fully saturated rings. The number of rotatable bonds is 2. The van der Waals surface area contributed by atoms with Crippen molar-refractivity contribution in [3.8, 4) is 36.0 Å². The molecule has 0 aromatic rings. The van der Waals surface area contributed by atoms with Crippen molar-refractivity contribution in [3.05, 3.63) is 0 Å². The van der Waals surface area contributed by atoms with Crippen molar-refractivity contribution in [2.75, 3.05) is 12.0 Å². The molecule has 0 bridgehead atoms. The molecular weight excluding hydrogens is 200 g/mol. The van der Waals surface area contributed by atoms with Crippen LogP contribution in [0.4, 0.5) is 0 Å². The number of terminal acetylenes is 1. The van der Waals surface area contributed by atoms with Crippen LogP contribution in [-0.4, -0.2) is 12.0 Å². The molecule has 0 atom stereocenters. The van der Waals surface area contributed by atoms with Gasteiger partial charge in [-0.05, 0) is 54.4 Å². The Balaban J connectivity index is 0. The second-order valence-corrected chi connectivity index (χ2v) is 5.06. The zero-order valence-corrected chi connectivity index (χ0v) is 11.2. The van der Waals surface area contributed by atoms with Gasteiger partial charge < -0.3 is 0 Å². The van der Waals surface area contributed by atoms with Crippen molar-refractivity contribution in [2.45, 2.75) is 34.1 Å². The maximum Gasteiger partial charge on any atom is -0.00108 e.